The van der Waals surface area contributed by atoms with Gasteiger partial charge in [0, 0.05) is 17.5 Å². The van der Waals surface area contributed by atoms with Crippen molar-refractivity contribution in [2.45, 2.75) is 32.5 Å². The third kappa shape index (κ3) is 2.88. The molecule has 0 radical (unpaired) electrons. The zero-order valence-corrected chi connectivity index (χ0v) is 14.0. The van der Waals surface area contributed by atoms with E-state index in [4.69, 9.17) is 9.47 Å². The monoisotopic (exact) mass is 332 g/mol. The summed E-state index contributed by atoms with van der Waals surface area (Å²) in [5.41, 5.74) is 1.79. The first kappa shape index (κ1) is 16.5. The number of ether oxygens (including phenoxy) is 2. The number of fused-ring (bicyclic) bond motifs is 1. The molecule has 3 unspecified atom stereocenters. The van der Waals surface area contributed by atoms with Crippen LogP contribution in [0.3, 0.4) is 0 Å². The maximum absolute atomic E-state index is 13.9. The smallest absolute Gasteiger partial charge is 0.255 e. The van der Waals surface area contributed by atoms with Crippen LogP contribution in [0, 0.1) is 12.8 Å². The van der Waals surface area contributed by atoms with Gasteiger partial charge >= 0.3 is 0 Å². The van der Waals surface area contributed by atoms with Crippen molar-refractivity contribution >= 4 is 16.8 Å². The molecule has 24 heavy (non-hydrogen) atoms. The molecular weight excluding hydrogens is 311 g/mol. The van der Waals surface area contributed by atoms with Gasteiger partial charge in [-0.2, -0.15) is 0 Å². The summed E-state index contributed by atoms with van der Waals surface area (Å²) < 4.78 is 25.1. The molecule has 1 aromatic carbocycles. The van der Waals surface area contributed by atoms with Crippen LogP contribution in [0.2, 0.25) is 0 Å². The number of alkyl halides is 1. The molecule has 1 aliphatic heterocycles. The molecular formula is C18H21FN2O3. The van der Waals surface area contributed by atoms with E-state index in [0.717, 1.165) is 22.2 Å². The Balaban J connectivity index is 1.84. The van der Waals surface area contributed by atoms with Gasteiger partial charge < -0.3 is 14.8 Å². The van der Waals surface area contributed by atoms with Crippen molar-refractivity contribution in [3.05, 3.63) is 30.0 Å². The summed E-state index contributed by atoms with van der Waals surface area (Å²) in [5, 5.41) is 3.50. The molecule has 1 fully saturated rings. The van der Waals surface area contributed by atoms with Crippen molar-refractivity contribution < 1.29 is 18.7 Å². The second-order valence-electron chi connectivity index (χ2n) is 6.05. The molecule has 0 aliphatic carbocycles. The number of pyridine rings is 1. The Kier molecular flexibility index (Phi) is 4.55. The maximum atomic E-state index is 13.9. The summed E-state index contributed by atoms with van der Waals surface area (Å²) in [6.07, 6.45) is 0.796. The van der Waals surface area contributed by atoms with Crippen LogP contribution in [-0.2, 0) is 4.79 Å². The summed E-state index contributed by atoms with van der Waals surface area (Å²) in [7, 11) is 1.62. The number of aryl methyl sites for hydroxylation is 1. The van der Waals surface area contributed by atoms with E-state index in [1.807, 2.05) is 26.0 Å². The van der Waals surface area contributed by atoms with Crippen molar-refractivity contribution in [2.75, 3.05) is 13.7 Å². The number of aromatic nitrogens is 1. The van der Waals surface area contributed by atoms with E-state index in [0.29, 0.717) is 12.2 Å². The van der Waals surface area contributed by atoms with E-state index in [1.54, 1.807) is 19.4 Å². The zero-order chi connectivity index (χ0) is 17.3. The van der Waals surface area contributed by atoms with Crippen molar-refractivity contribution in [3.8, 4) is 11.5 Å². The highest BCUT2D eigenvalue weighted by atomic mass is 19.1. The number of hydrogen-bond acceptors (Lipinski definition) is 4. The molecule has 2 heterocycles. The fraction of sp³-hybridized carbons (Fsp3) is 0.444. The number of nitrogens with one attached hydrogen (secondary N) is 1. The van der Waals surface area contributed by atoms with E-state index in [2.05, 4.69) is 10.3 Å². The molecule has 3 atom stereocenters. The molecule has 5 nitrogen and oxygen atoms in total. The van der Waals surface area contributed by atoms with Crippen LogP contribution in [-0.4, -0.2) is 36.8 Å². The van der Waals surface area contributed by atoms with Crippen LogP contribution in [0.4, 0.5) is 4.39 Å². The molecule has 1 amide bonds. The van der Waals surface area contributed by atoms with Gasteiger partial charge in [0.2, 0.25) is 0 Å². The third-order valence-electron chi connectivity index (χ3n) is 4.58. The highest BCUT2D eigenvalue weighted by Crippen LogP contribution is 2.31. The first-order valence-electron chi connectivity index (χ1n) is 8.05. The minimum absolute atomic E-state index is 0.222. The van der Waals surface area contributed by atoms with Crippen molar-refractivity contribution in [2.24, 2.45) is 5.92 Å². The molecule has 1 aromatic heterocycles. The Morgan fingerprint density at radius 3 is 2.83 bits per heavy atom. The van der Waals surface area contributed by atoms with Gasteiger partial charge in [-0.3, -0.25) is 9.78 Å². The number of hydrogen-bond donors (Lipinski definition) is 1. The number of nitrogens with zero attached hydrogens (tertiary/aromatic N) is 1. The average Bonchev–Trinajstić information content (AvgIpc) is 2.85. The lowest BCUT2D eigenvalue weighted by atomic mass is 9.97. The lowest BCUT2D eigenvalue weighted by Gasteiger charge is -2.19. The van der Waals surface area contributed by atoms with Crippen LogP contribution < -0.4 is 14.8 Å². The molecule has 0 bridgehead atoms. The first-order chi connectivity index (χ1) is 11.5. The molecule has 0 spiro atoms. The topological polar surface area (TPSA) is 60.5 Å². The van der Waals surface area contributed by atoms with Gasteiger partial charge in [0.15, 0.2) is 6.17 Å². The molecule has 1 saturated heterocycles. The molecule has 3 rings (SSSR count). The maximum Gasteiger partial charge on any atom is 0.255 e. The van der Waals surface area contributed by atoms with Crippen molar-refractivity contribution in [1.82, 2.24) is 10.3 Å². The van der Waals surface area contributed by atoms with E-state index in [1.165, 1.54) is 0 Å². The number of rotatable bonds is 5. The van der Waals surface area contributed by atoms with Gasteiger partial charge in [-0.25, -0.2) is 4.39 Å². The van der Waals surface area contributed by atoms with E-state index < -0.39 is 12.1 Å². The Hall–Kier alpha value is -2.37. The lowest BCUT2D eigenvalue weighted by molar-refractivity contribution is -0.123. The fourth-order valence-electron chi connectivity index (χ4n) is 3.20. The van der Waals surface area contributed by atoms with Crippen molar-refractivity contribution in [3.63, 3.8) is 0 Å². The van der Waals surface area contributed by atoms with Crippen LogP contribution >= 0.6 is 0 Å². The summed E-state index contributed by atoms with van der Waals surface area (Å²) in [5.74, 6) is 0.490. The van der Waals surface area contributed by atoms with Crippen LogP contribution in [0.15, 0.2) is 24.4 Å². The van der Waals surface area contributed by atoms with E-state index >= 15 is 0 Å². The number of carbonyl (C=O) groups excluding carboxylic acids is 1. The zero-order valence-electron chi connectivity index (χ0n) is 14.0. The number of amides is 1. The van der Waals surface area contributed by atoms with Gasteiger partial charge in [-0.1, -0.05) is 6.92 Å². The second kappa shape index (κ2) is 6.63. The molecule has 0 saturated carbocycles. The van der Waals surface area contributed by atoms with Gasteiger partial charge in [0.25, 0.3) is 5.91 Å². The third-order valence-corrected chi connectivity index (χ3v) is 4.58. The second-order valence-corrected chi connectivity index (χ2v) is 6.05. The Morgan fingerprint density at radius 2 is 2.12 bits per heavy atom. The summed E-state index contributed by atoms with van der Waals surface area (Å²) in [6, 6.07) is 5.26. The van der Waals surface area contributed by atoms with Gasteiger partial charge in [0.1, 0.15) is 18.1 Å². The molecule has 1 N–H and O–H groups in total. The summed E-state index contributed by atoms with van der Waals surface area (Å²) in [4.78, 5) is 15.9. The Bertz CT molecular complexity index is 765. The lowest BCUT2D eigenvalue weighted by Crippen LogP contribution is -2.34. The first-order valence-corrected chi connectivity index (χ1v) is 8.05. The fourth-order valence-corrected chi connectivity index (χ4v) is 3.20. The van der Waals surface area contributed by atoms with Crippen molar-refractivity contribution in [1.29, 1.82) is 0 Å². The predicted molar refractivity (Wildman–Crippen MR) is 89.1 cm³/mol. The number of methoxy groups -OCH3 is 1. The highest BCUT2D eigenvalue weighted by molar-refractivity contribution is 5.87. The minimum Gasteiger partial charge on any atom is -0.496 e. The minimum atomic E-state index is -1.46. The van der Waals surface area contributed by atoms with E-state index in [9.17, 15) is 9.18 Å². The highest BCUT2D eigenvalue weighted by Gasteiger charge is 2.41. The number of halogens is 1. The Morgan fingerprint density at radius 1 is 1.33 bits per heavy atom. The standard InChI is InChI=1S/C18H21FN2O3/c1-4-11-14(21-18(22)17(11)19)9-24-15-5-6-20-13-7-10(2)16(23-3)8-12(13)15/h5-8,11,14,17H,4,9H2,1-3H3,(H,21,22). The SMILES string of the molecule is CCC1C(COc2ccnc3cc(C)c(OC)cc23)NC(=O)C1F. The molecule has 1 aliphatic rings. The summed E-state index contributed by atoms with van der Waals surface area (Å²) in [6.45, 7) is 4.05. The average molecular weight is 332 g/mol. The molecule has 2 aromatic rings. The largest absolute Gasteiger partial charge is 0.496 e. The molecule has 128 valence electrons. The van der Waals surface area contributed by atoms with Crippen LogP contribution in [0.1, 0.15) is 18.9 Å². The summed E-state index contributed by atoms with van der Waals surface area (Å²) >= 11 is 0. The van der Waals surface area contributed by atoms with Gasteiger partial charge in [-0.15, -0.1) is 0 Å². The number of carbonyl (C=O) groups is 1. The molecule has 6 heteroatoms. The quantitative estimate of drug-likeness (QED) is 0.915. The Labute approximate surface area is 140 Å². The van der Waals surface area contributed by atoms with E-state index in [-0.39, 0.29) is 18.6 Å². The number of benzene rings is 1. The van der Waals surface area contributed by atoms with Crippen LogP contribution in [0.25, 0.3) is 10.9 Å². The van der Waals surface area contributed by atoms with Crippen LogP contribution in [0.5, 0.6) is 11.5 Å². The predicted octanol–water partition coefficient (Wildman–Crippen LogP) is 2.79. The normalized spacial score (nSPS) is 23.3. The van der Waals surface area contributed by atoms with Gasteiger partial charge in [-0.05, 0) is 37.1 Å². The van der Waals surface area contributed by atoms with Gasteiger partial charge in [0.05, 0.1) is 18.7 Å².